The van der Waals surface area contributed by atoms with E-state index < -0.39 is 5.60 Å². The van der Waals surface area contributed by atoms with Gasteiger partial charge in [-0.1, -0.05) is 58.4 Å². The van der Waals surface area contributed by atoms with Crippen LogP contribution in [0.4, 0.5) is 0 Å². The van der Waals surface area contributed by atoms with Crippen molar-refractivity contribution in [3.63, 3.8) is 0 Å². The Kier molecular flexibility index (Phi) is 5.90. The van der Waals surface area contributed by atoms with E-state index in [4.69, 9.17) is 9.47 Å². The van der Waals surface area contributed by atoms with Crippen LogP contribution in [0.5, 0.6) is 5.88 Å². The minimum atomic E-state index is -0.404. The van der Waals surface area contributed by atoms with Crippen molar-refractivity contribution >= 4 is 21.7 Å². The van der Waals surface area contributed by atoms with Gasteiger partial charge in [-0.05, 0) is 31.5 Å². The van der Waals surface area contributed by atoms with Gasteiger partial charge in [-0.2, -0.15) is 5.26 Å². The first-order valence-electron chi connectivity index (χ1n) is 9.95. The lowest BCUT2D eigenvalue weighted by Gasteiger charge is -2.33. The van der Waals surface area contributed by atoms with Crippen LogP contribution in [-0.2, 0) is 17.8 Å². The fourth-order valence-corrected chi connectivity index (χ4v) is 3.91. The molecular weight excluding hydrogens is 456 g/mol. The zero-order valence-corrected chi connectivity index (χ0v) is 18.9. The van der Waals surface area contributed by atoms with Gasteiger partial charge in [-0.15, -0.1) is 0 Å². The summed E-state index contributed by atoms with van der Waals surface area (Å²) in [6, 6.07) is 19.1. The van der Waals surface area contributed by atoms with Gasteiger partial charge in [0.1, 0.15) is 11.6 Å². The van der Waals surface area contributed by atoms with Gasteiger partial charge in [0.05, 0.1) is 17.9 Å². The highest BCUT2D eigenvalue weighted by atomic mass is 79.9. The molecule has 0 aliphatic carbocycles. The quantitative estimate of drug-likeness (QED) is 0.454. The third-order valence-electron chi connectivity index (χ3n) is 5.25. The van der Waals surface area contributed by atoms with Crippen LogP contribution in [0, 0.1) is 11.3 Å². The Balaban J connectivity index is 1.74. The summed E-state index contributed by atoms with van der Waals surface area (Å²) >= 11 is 3.36. The number of ketones is 1. The molecule has 1 aromatic heterocycles. The summed E-state index contributed by atoms with van der Waals surface area (Å²) in [5.41, 5.74) is 3.91. The normalized spacial score (nSPS) is 14.4. The molecule has 0 N–H and O–H groups in total. The number of carbonyl (C=O) groups excluding carboxylic acids is 1. The van der Waals surface area contributed by atoms with Crippen LogP contribution in [0.3, 0.4) is 0 Å². The molecule has 0 radical (unpaired) electrons. The second-order valence-electron chi connectivity index (χ2n) is 8.02. The molecule has 2 aromatic carbocycles. The molecule has 0 amide bonds. The van der Waals surface area contributed by atoms with Crippen LogP contribution in [0.1, 0.15) is 40.9 Å². The number of nitrogens with zero attached hydrogens (tertiary/aromatic N) is 2. The van der Waals surface area contributed by atoms with Crippen molar-refractivity contribution in [1.82, 2.24) is 4.98 Å². The van der Waals surface area contributed by atoms with Crippen molar-refractivity contribution in [3.05, 3.63) is 81.3 Å². The first kappa shape index (κ1) is 21.2. The number of hydrogen-bond acceptors (Lipinski definition) is 5. The Bertz CT molecular complexity index is 1170. The minimum absolute atomic E-state index is 0.180. The van der Waals surface area contributed by atoms with Crippen molar-refractivity contribution in [2.45, 2.75) is 32.5 Å². The van der Waals surface area contributed by atoms with Gasteiger partial charge in [0.15, 0.2) is 12.4 Å². The molecule has 0 fully saturated rings. The van der Waals surface area contributed by atoms with E-state index in [2.05, 4.69) is 27.0 Å². The monoisotopic (exact) mass is 476 g/mol. The molecule has 0 atom stereocenters. The van der Waals surface area contributed by atoms with Crippen molar-refractivity contribution in [3.8, 4) is 23.2 Å². The van der Waals surface area contributed by atoms with Crippen LogP contribution in [-0.4, -0.2) is 23.0 Å². The summed E-state index contributed by atoms with van der Waals surface area (Å²) in [5, 5.41) is 9.92. The first-order chi connectivity index (χ1) is 14.9. The molecule has 156 valence electrons. The Morgan fingerprint density at radius 3 is 2.55 bits per heavy atom. The van der Waals surface area contributed by atoms with E-state index in [9.17, 15) is 10.1 Å². The predicted molar refractivity (Wildman–Crippen MR) is 121 cm³/mol. The molecule has 0 spiro atoms. The lowest BCUT2D eigenvalue weighted by Crippen LogP contribution is -2.33. The van der Waals surface area contributed by atoms with Crippen LogP contribution in [0.2, 0.25) is 0 Å². The standard InChI is InChI=1S/C25H21BrN2O3/c1-25(2)12-19-20(13-27)24(30-15-22(29)16-8-10-18(26)11-9-16)28-23(21(19)14-31-25)17-6-4-3-5-7-17/h3-11H,12,14-15H2,1-2H3. The summed E-state index contributed by atoms with van der Waals surface area (Å²) in [7, 11) is 0. The Labute approximate surface area is 189 Å². The Morgan fingerprint density at radius 1 is 1.16 bits per heavy atom. The summed E-state index contributed by atoms with van der Waals surface area (Å²) in [6.07, 6.45) is 0.560. The van der Waals surface area contributed by atoms with E-state index in [0.717, 1.165) is 26.9 Å². The van der Waals surface area contributed by atoms with E-state index in [1.807, 2.05) is 44.2 Å². The Morgan fingerprint density at radius 2 is 1.87 bits per heavy atom. The largest absolute Gasteiger partial charge is 0.468 e. The third-order valence-corrected chi connectivity index (χ3v) is 5.78. The number of pyridine rings is 1. The van der Waals surface area contributed by atoms with E-state index in [1.54, 1.807) is 24.3 Å². The minimum Gasteiger partial charge on any atom is -0.468 e. The summed E-state index contributed by atoms with van der Waals surface area (Å²) < 4.78 is 12.7. The fraction of sp³-hybridized carbons (Fsp3) is 0.240. The molecular formula is C25H21BrN2O3. The molecule has 0 unspecified atom stereocenters. The maximum absolute atomic E-state index is 12.6. The average molecular weight is 477 g/mol. The van der Waals surface area contributed by atoms with Gasteiger partial charge in [-0.3, -0.25) is 4.79 Å². The number of hydrogen-bond donors (Lipinski definition) is 0. The third kappa shape index (κ3) is 4.53. The maximum atomic E-state index is 12.6. The topological polar surface area (TPSA) is 72.2 Å². The number of halogens is 1. The molecule has 5 nitrogen and oxygen atoms in total. The molecule has 2 heterocycles. The number of nitriles is 1. The molecule has 0 saturated carbocycles. The zero-order valence-electron chi connectivity index (χ0n) is 17.3. The molecule has 4 rings (SSSR count). The molecule has 0 saturated heterocycles. The Hall–Kier alpha value is -3.01. The average Bonchev–Trinajstić information content (AvgIpc) is 2.77. The van der Waals surface area contributed by atoms with Crippen LogP contribution in [0.15, 0.2) is 59.1 Å². The first-order valence-corrected chi connectivity index (χ1v) is 10.7. The van der Waals surface area contributed by atoms with Crippen molar-refractivity contribution in [2.75, 3.05) is 6.61 Å². The zero-order chi connectivity index (χ0) is 22.0. The second-order valence-corrected chi connectivity index (χ2v) is 8.94. The highest BCUT2D eigenvalue weighted by Crippen LogP contribution is 2.38. The predicted octanol–water partition coefficient (Wildman–Crippen LogP) is 5.50. The van der Waals surface area contributed by atoms with Gasteiger partial charge in [0.2, 0.25) is 5.88 Å². The van der Waals surface area contributed by atoms with Crippen molar-refractivity contribution < 1.29 is 14.3 Å². The SMILES string of the molecule is CC1(C)Cc2c(C#N)c(OCC(=O)c3ccc(Br)cc3)nc(-c3ccccc3)c2CO1. The summed E-state index contributed by atoms with van der Waals surface area (Å²) in [6.45, 7) is 4.16. The number of aromatic nitrogens is 1. The van der Waals surface area contributed by atoms with Gasteiger partial charge < -0.3 is 9.47 Å². The molecule has 6 heteroatoms. The fourth-order valence-electron chi connectivity index (χ4n) is 3.65. The number of benzene rings is 2. The second kappa shape index (κ2) is 8.62. The molecule has 31 heavy (non-hydrogen) atoms. The van der Waals surface area contributed by atoms with Gasteiger partial charge in [0.25, 0.3) is 0 Å². The summed E-state index contributed by atoms with van der Waals surface area (Å²) in [4.78, 5) is 17.3. The molecule has 1 aliphatic rings. The highest BCUT2D eigenvalue weighted by Gasteiger charge is 2.32. The number of fused-ring (bicyclic) bond motifs is 1. The number of ether oxygens (including phenoxy) is 2. The van der Waals surface area contributed by atoms with E-state index in [1.165, 1.54) is 0 Å². The van der Waals surface area contributed by atoms with Crippen molar-refractivity contribution in [1.29, 1.82) is 5.26 Å². The summed E-state index contributed by atoms with van der Waals surface area (Å²) in [5.74, 6) is 0.00380. The number of Topliss-reactive ketones (excluding diaryl/α,β-unsaturated/α-hetero) is 1. The molecule has 1 aliphatic heterocycles. The van der Waals surface area contributed by atoms with Crippen molar-refractivity contribution in [2.24, 2.45) is 0 Å². The van der Waals surface area contributed by atoms with E-state index in [-0.39, 0.29) is 18.3 Å². The van der Waals surface area contributed by atoms with Gasteiger partial charge in [0, 0.05) is 27.6 Å². The van der Waals surface area contributed by atoms with Gasteiger partial charge in [-0.25, -0.2) is 4.98 Å². The van der Waals surface area contributed by atoms with E-state index in [0.29, 0.717) is 24.2 Å². The van der Waals surface area contributed by atoms with E-state index >= 15 is 0 Å². The van der Waals surface area contributed by atoms with Gasteiger partial charge >= 0.3 is 0 Å². The number of rotatable bonds is 5. The highest BCUT2D eigenvalue weighted by molar-refractivity contribution is 9.10. The van der Waals surface area contributed by atoms with Crippen LogP contribution < -0.4 is 4.74 Å². The lowest BCUT2D eigenvalue weighted by molar-refractivity contribution is -0.0401. The number of carbonyl (C=O) groups is 1. The maximum Gasteiger partial charge on any atom is 0.233 e. The van der Waals surface area contributed by atoms with Crippen LogP contribution >= 0.6 is 15.9 Å². The molecule has 0 bridgehead atoms. The lowest BCUT2D eigenvalue weighted by atomic mass is 9.87. The van der Waals surface area contributed by atoms with Crippen LogP contribution in [0.25, 0.3) is 11.3 Å². The smallest absolute Gasteiger partial charge is 0.233 e. The molecule has 3 aromatic rings.